The zero-order valence-corrected chi connectivity index (χ0v) is 12.2. The summed E-state index contributed by atoms with van der Waals surface area (Å²) >= 11 is 0. The summed E-state index contributed by atoms with van der Waals surface area (Å²) in [6, 6.07) is 11.1. The van der Waals surface area contributed by atoms with Gasteiger partial charge in [-0.25, -0.2) is 0 Å². The van der Waals surface area contributed by atoms with Gasteiger partial charge in [-0.2, -0.15) is 0 Å². The molecule has 4 rings (SSSR count). The van der Waals surface area contributed by atoms with Crippen molar-refractivity contribution in [1.82, 2.24) is 0 Å². The number of allylic oxidation sites excluding steroid dienone is 4. The second-order valence-electron chi connectivity index (χ2n) is 6.04. The molecule has 0 saturated carbocycles. The van der Waals surface area contributed by atoms with E-state index in [-0.39, 0.29) is 6.61 Å². The summed E-state index contributed by atoms with van der Waals surface area (Å²) in [5.74, 6) is 0. The van der Waals surface area contributed by atoms with E-state index in [1.165, 1.54) is 52.3 Å². The molecule has 0 amide bonds. The van der Waals surface area contributed by atoms with E-state index in [0.717, 1.165) is 12.8 Å². The van der Waals surface area contributed by atoms with Crippen molar-refractivity contribution in [3.63, 3.8) is 0 Å². The van der Waals surface area contributed by atoms with E-state index in [9.17, 15) is 5.11 Å². The third kappa shape index (κ3) is 2.04. The minimum absolute atomic E-state index is 0.217. The smallest absolute Gasteiger partial charge is 0.0471 e. The number of rotatable bonds is 2. The molecule has 21 heavy (non-hydrogen) atoms. The Kier molecular flexibility index (Phi) is 3.16. The third-order valence-electron chi connectivity index (χ3n) is 4.89. The lowest BCUT2D eigenvalue weighted by atomic mass is 9.79. The highest BCUT2D eigenvalue weighted by Crippen LogP contribution is 2.40. The van der Waals surface area contributed by atoms with Gasteiger partial charge in [-0.3, -0.25) is 0 Å². The molecule has 0 radical (unpaired) electrons. The number of aliphatic hydroxyl groups excluding tert-OH is 1. The van der Waals surface area contributed by atoms with Crippen LogP contribution in [0.15, 0.2) is 48.1 Å². The van der Waals surface area contributed by atoms with E-state index >= 15 is 0 Å². The molecule has 0 bridgehead atoms. The van der Waals surface area contributed by atoms with Crippen molar-refractivity contribution in [2.75, 3.05) is 6.61 Å². The molecule has 0 heterocycles. The topological polar surface area (TPSA) is 20.2 Å². The molecule has 0 spiro atoms. The first-order valence-corrected chi connectivity index (χ1v) is 7.92. The Morgan fingerprint density at radius 1 is 0.952 bits per heavy atom. The molecule has 1 heteroatoms. The lowest BCUT2D eigenvalue weighted by Crippen LogP contribution is -2.07. The van der Waals surface area contributed by atoms with Crippen LogP contribution in [-0.4, -0.2) is 11.7 Å². The molecule has 2 aliphatic carbocycles. The first-order chi connectivity index (χ1) is 10.4. The fourth-order valence-electron chi connectivity index (χ4n) is 3.87. The van der Waals surface area contributed by atoms with E-state index in [4.69, 9.17) is 0 Å². The van der Waals surface area contributed by atoms with Crippen LogP contribution in [0.5, 0.6) is 0 Å². The highest BCUT2D eigenvalue weighted by molar-refractivity contribution is 5.95. The first-order valence-electron chi connectivity index (χ1n) is 7.92. The zero-order valence-electron chi connectivity index (χ0n) is 12.2. The zero-order chi connectivity index (χ0) is 14.2. The molecule has 106 valence electrons. The summed E-state index contributed by atoms with van der Waals surface area (Å²) < 4.78 is 0. The SMILES string of the molecule is OCCc1cccc2c3c(ccc12)C1=C(CCC=C1)CC3. The van der Waals surface area contributed by atoms with Crippen LogP contribution in [-0.2, 0) is 12.8 Å². The number of aliphatic hydroxyl groups is 1. The van der Waals surface area contributed by atoms with E-state index in [1.54, 1.807) is 5.57 Å². The molecular weight excluding hydrogens is 256 g/mol. The standard InChI is InChI=1S/C20H20O/c21-13-12-15-5-3-7-18-17(15)10-11-19-16-6-2-1-4-14(16)8-9-20(18)19/h2-3,5-7,10-11,21H,1,4,8-9,12-13H2. The van der Waals surface area contributed by atoms with Gasteiger partial charge in [0, 0.05) is 6.61 Å². The predicted molar refractivity (Wildman–Crippen MR) is 88.4 cm³/mol. The second kappa shape index (κ2) is 5.16. The summed E-state index contributed by atoms with van der Waals surface area (Å²) in [7, 11) is 0. The minimum Gasteiger partial charge on any atom is -0.396 e. The maximum Gasteiger partial charge on any atom is 0.0471 e. The highest BCUT2D eigenvalue weighted by Gasteiger charge is 2.20. The summed E-state index contributed by atoms with van der Waals surface area (Å²) in [6.45, 7) is 0.217. The van der Waals surface area contributed by atoms with Gasteiger partial charge in [0.1, 0.15) is 0 Å². The van der Waals surface area contributed by atoms with Crippen molar-refractivity contribution in [3.05, 3.63) is 64.7 Å². The maximum absolute atomic E-state index is 9.26. The molecule has 0 aliphatic heterocycles. The average Bonchev–Trinajstić information content (AvgIpc) is 2.55. The lowest BCUT2D eigenvalue weighted by molar-refractivity contribution is 0.300. The van der Waals surface area contributed by atoms with Crippen LogP contribution in [0.2, 0.25) is 0 Å². The molecule has 0 aromatic heterocycles. The lowest BCUT2D eigenvalue weighted by Gasteiger charge is -2.25. The van der Waals surface area contributed by atoms with Crippen molar-refractivity contribution in [2.24, 2.45) is 0 Å². The summed E-state index contributed by atoms with van der Waals surface area (Å²) in [4.78, 5) is 0. The number of hydrogen-bond acceptors (Lipinski definition) is 1. The Balaban J connectivity index is 1.95. The predicted octanol–water partition coefficient (Wildman–Crippen LogP) is 4.42. The first kappa shape index (κ1) is 12.8. The number of benzene rings is 2. The fraction of sp³-hybridized carbons (Fsp3) is 0.300. The summed E-state index contributed by atoms with van der Waals surface area (Å²) in [6.07, 6.45) is 10.2. The van der Waals surface area contributed by atoms with Crippen LogP contribution in [0, 0.1) is 0 Å². The van der Waals surface area contributed by atoms with Gasteiger partial charge in [0.2, 0.25) is 0 Å². The van der Waals surface area contributed by atoms with Gasteiger partial charge in [0.05, 0.1) is 0 Å². The summed E-state index contributed by atoms with van der Waals surface area (Å²) in [5, 5.41) is 11.9. The van der Waals surface area contributed by atoms with Crippen LogP contribution < -0.4 is 0 Å². The molecule has 0 atom stereocenters. The molecular formula is C20H20O. The van der Waals surface area contributed by atoms with Gasteiger partial charge < -0.3 is 5.11 Å². The van der Waals surface area contributed by atoms with Crippen molar-refractivity contribution >= 4 is 16.3 Å². The van der Waals surface area contributed by atoms with Crippen LogP contribution in [0.4, 0.5) is 0 Å². The van der Waals surface area contributed by atoms with Crippen molar-refractivity contribution in [3.8, 4) is 0 Å². The Morgan fingerprint density at radius 3 is 2.81 bits per heavy atom. The largest absolute Gasteiger partial charge is 0.396 e. The molecule has 0 fully saturated rings. The van der Waals surface area contributed by atoms with Crippen molar-refractivity contribution < 1.29 is 5.11 Å². The van der Waals surface area contributed by atoms with Gasteiger partial charge in [0.15, 0.2) is 0 Å². The Labute approximate surface area is 125 Å². The molecule has 0 saturated heterocycles. The fourth-order valence-corrected chi connectivity index (χ4v) is 3.87. The van der Waals surface area contributed by atoms with E-state index < -0.39 is 0 Å². The maximum atomic E-state index is 9.26. The van der Waals surface area contributed by atoms with Crippen LogP contribution in [0.3, 0.4) is 0 Å². The van der Waals surface area contributed by atoms with Crippen LogP contribution in [0.25, 0.3) is 16.3 Å². The Hall–Kier alpha value is -1.86. The molecule has 1 N–H and O–H groups in total. The molecule has 2 aliphatic rings. The van der Waals surface area contributed by atoms with Gasteiger partial charge in [0.25, 0.3) is 0 Å². The summed E-state index contributed by atoms with van der Waals surface area (Å²) in [5.41, 5.74) is 7.29. The molecule has 0 unspecified atom stereocenters. The molecule has 2 aromatic carbocycles. The Morgan fingerprint density at radius 2 is 1.90 bits per heavy atom. The minimum atomic E-state index is 0.217. The van der Waals surface area contributed by atoms with Gasteiger partial charge in [-0.1, -0.05) is 48.1 Å². The second-order valence-corrected chi connectivity index (χ2v) is 6.04. The van der Waals surface area contributed by atoms with E-state index in [1.807, 2.05) is 0 Å². The highest BCUT2D eigenvalue weighted by atomic mass is 16.2. The van der Waals surface area contributed by atoms with Crippen molar-refractivity contribution in [1.29, 1.82) is 0 Å². The normalized spacial score (nSPS) is 17.0. The molecule has 1 nitrogen and oxygen atoms in total. The van der Waals surface area contributed by atoms with Crippen molar-refractivity contribution in [2.45, 2.75) is 32.1 Å². The average molecular weight is 276 g/mol. The van der Waals surface area contributed by atoms with E-state index in [2.05, 4.69) is 42.5 Å². The quantitative estimate of drug-likeness (QED) is 0.860. The van der Waals surface area contributed by atoms with Gasteiger partial charge in [-0.15, -0.1) is 0 Å². The monoisotopic (exact) mass is 276 g/mol. The Bertz CT molecular complexity index is 765. The van der Waals surface area contributed by atoms with E-state index in [0.29, 0.717) is 0 Å². The van der Waals surface area contributed by atoms with Crippen LogP contribution in [0.1, 0.15) is 36.0 Å². The number of hydrogen-bond donors (Lipinski definition) is 1. The third-order valence-corrected chi connectivity index (χ3v) is 4.89. The number of fused-ring (bicyclic) bond motifs is 4. The molecule has 2 aromatic rings. The van der Waals surface area contributed by atoms with Crippen LogP contribution >= 0.6 is 0 Å². The number of aryl methyl sites for hydroxylation is 1. The van der Waals surface area contributed by atoms with Gasteiger partial charge >= 0.3 is 0 Å². The van der Waals surface area contributed by atoms with Gasteiger partial charge in [-0.05, 0) is 65.1 Å².